The smallest absolute Gasteiger partial charge is 0.378 e. The second-order valence-electron chi connectivity index (χ2n) is 5.92. The number of nitrogens with one attached hydrogen (secondary N) is 2. The summed E-state index contributed by atoms with van der Waals surface area (Å²) in [6.07, 6.45) is -2.95. The van der Waals surface area contributed by atoms with Crippen LogP contribution < -0.4 is 5.32 Å². The normalized spacial score (nSPS) is 20.7. The number of hydrogen-bond donors (Lipinski definition) is 2. The number of rotatable bonds is 3. The molecular formula is C16H15F4N3O2. The molecule has 134 valence electrons. The molecule has 3 rings (SSSR count). The molecular weight excluding hydrogens is 342 g/mol. The van der Waals surface area contributed by atoms with Crippen molar-refractivity contribution < 1.29 is 27.1 Å². The van der Waals surface area contributed by atoms with Crippen LogP contribution in [0.3, 0.4) is 0 Å². The molecule has 1 aromatic carbocycles. The standard InChI is InChI=1S/C16H15F4N3O2/c1-9-7-21-14(22-9)15(5-6-25-8-15)23-13(24)10-3-2-4-11(12(10)17)16(18,19)20/h2-4,7H,5-6,8H2,1H3,(H,21,22)(H,23,24). The number of benzene rings is 1. The number of imidazole rings is 1. The number of alkyl halides is 3. The zero-order valence-corrected chi connectivity index (χ0v) is 13.2. The Balaban J connectivity index is 1.93. The first kappa shape index (κ1) is 17.4. The maximum Gasteiger partial charge on any atom is 0.419 e. The summed E-state index contributed by atoms with van der Waals surface area (Å²) in [4.78, 5) is 19.6. The fourth-order valence-corrected chi connectivity index (χ4v) is 2.78. The van der Waals surface area contributed by atoms with Crippen molar-refractivity contribution in [1.82, 2.24) is 15.3 Å². The van der Waals surface area contributed by atoms with Crippen molar-refractivity contribution in [3.05, 3.63) is 52.9 Å². The van der Waals surface area contributed by atoms with Crippen molar-refractivity contribution in [3.63, 3.8) is 0 Å². The molecule has 0 saturated carbocycles. The van der Waals surface area contributed by atoms with Crippen LogP contribution in [0, 0.1) is 12.7 Å². The van der Waals surface area contributed by atoms with Gasteiger partial charge in [0.1, 0.15) is 17.2 Å². The lowest BCUT2D eigenvalue weighted by molar-refractivity contribution is -0.140. The van der Waals surface area contributed by atoms with E-state index in [9.17, 15) is 22.4 Å². The Morgan fingerprint density at radius 1 is 1.40 bits per heavy atom. The van der Waals surface area contributed by atoms with E-state index in [-0.39, 0.29) is 6.61 Å². The number of hydrogen-bond acceptors (Lipinski definition) is 3. The lowest BCUT2D eigenvalue weighted by Gasteiger charge is -2.27. The number of aryl methyl sites for hydroxylation is 1. The van der Waals surface area contributed by atoms with E-state index in [1.54, 1.807) is 13.1 Å². The number of nitrogens with zero attached hydrogens (tertiary/aromatic N) is 1. The maximum absolute atomic E-state index is 14.2. The Morgan fingerprint density at radius 2 is 2.16 bits per heavy atom. The fraction of sp³-hybridized carbons (Fsp3) is 0.375. The molecule has 1 atom stereocenters. The minimum atomic E-state index is -4.88. The van der Waals surface area contributed by atoms with Gasteiger partial charge < -0.3 is 15.0 Å². The average Bonchev–Trinajstić information content (AvgIpc) is 3.16. The van der Waals surface area contributed by atoms with Crippen LogP contribution in [0.1, 0.15) is 33.9 Å². The molecule has 2 aromatic rings. The van der Waals surface area contributed by atoms with E-state index in [0.717, 1.165) is 17.8 Å². The molecule has 0 spiro atoms. The second kappa shape index (κ2) is 6.14. The van der Waals surface area contributed by atoms with Crippen molar-refractivity contribution in [2.75, 3.05) is 13.2 Å². The molecule has 2 heterocycles. The molecule has 0 aliphatic carbocycles. The van der Waals surface area contributed by atoms with Gasteiger partial charge in [-0.05, 0) is 19.1 Å². The van der Waals surface area contributed by atoms with Crippen LogP contribution in [0.15, 0.2) is 24.4 Å². The monoisotopic (exact) mass is 357 g/mol. The third-order valence-electron chi connectivity index (χ3n) is 4.08. The Morgan fingerprint density at radius 3 is 2.72 bits per heavy atom. The molecule has 1 unspecified atom stereocenters. The van der Waals surface area contributed by atoms with Gasteiger partial charge in [-0.3, -0.25) is 4.79 Å². The Hall–Kier alpha value is -2.42. The SMILES string of the molecule is Cc1cnc(C2(NC(=O)c3cccc(C(F)(F)F)c3F)CCOC2)[nH]1. The average molecular weight is 357 g/mol. The summed E-state index contributed by atoms with van der Waals surface area (Å²) in [7, 11) is 0. The van der Waals surface area contributed by atoms with Crippen molar-refractivity contribution in [1.29, 1.82) is 0 Å². The number of amides is 1. The quantitative estimate of drug-likeness (QED) is 0.830. The number of ether oxygens (including phenoxy) is 1. The van der Waals surface area contributed by atoms with Crippen LogP contribution in [0.4, 0.5) is 17.6 Å². The van der Waals surface area contributed by atoms with Gasteiger partial charge in [-0.2, -0.15) is 13.2 Å². The van der Waals surface area contributed by atoms with Gasteiger partial charge in [0.25, 0.3) is 5.91 Å². The largest absolute Gasteiger partial charge is 0.419 e. The molecule has 9 heteroatoms. The first-order chi connectivity index (χ1) is 11.7. The molecule has 1 amide bonds. The zero-order chi connectivity index (χ0) is 18.2. The highest BCUT2D eigenvalue weighted by atomic mass is 19.4. The van der Waals surface area contributed by atoms with E-state index < -0.39 is 34.6 Å². The van der Waals surface area contributed by atoms with Gasteiger partial charge in [-0.25, -0.2) is 9.37 Å². The third-order valence-corrected chi connectivity index (χ3v) is 4.08. The molecule has 0 bridgehead atoms. The molecule has 2 N–H and O–H groups in total. The van der Waals surface area contributed by atoms with Crippen molar-refractivity contribution in [2.24, 2.45) is 0 Å². The highest BCUT2D eigenvalue weighted by Gasteiger charge is 2.42. The van der Waals surface area contributed by atoms with E-state index in [2.05, 4.69) is 15.3 Å². The predicted octanol–water partition coefficient (Wildman–Crippen LogP) is 2.92. The first-order valence-corrected chi connectivity index (χ1v) is 7.51. The number of halogens is 4. The van der Waals surface area contributed by atoms with Gasteiger partial charge in [0.15, 0.2) is 0 Å². The minimum absolute atomic E-state index is 0.0896. The minimum Gasteiger partial charge on any atom is -0.378 e. The summed E-state index contributed by atoms with van der Waals surface area (Å²) in [5.74, 6) is -2.14. The summed E-state index contributed by atoms with van der Waals surface area (Å²) < 4.78 is 58.0. The van der Waals surface area contributed by atoms with Crippen LogP contribution >= 0.6 is 0 Å². The van der Waals surface area contributed by atoms with Crippen LogP contribution in [0.5, 0.6) is 0 Å². The van der Waals surface area contributed by atoms with Gasteiger partial charge in [0, 0.05) is 24.9 Å². The van der Waals surface area contributed by atoms with Gasteiger partial charge in [-0.1, -0.05) is 6.07 Å². The fourth-order valence-electron chi connectivity index (χ4n) is 2.78. The number of aromatic amines is 1. The summed E-state index contributed by atoms with van der Waals surface area (Å²) in [5.41, 5.74) is -2.44. The van der Waals surface area contributed by atoms with Gasteiger partial charge in [0.2, 0.25) is 0 Å². The number of H-pyrrole nitrogens is 1. The van der Waals surface area contributed by atoms with Crippen LogP contribution in [-0.2, 0) is 16.5 Å². The lowest BCUT2D eigenvalue weighted by Crippen LogP contribution is -2.47. The van der Waals surface area contributed by atoms with Crippen molar-refractivity contribution >= 4 is 5.91 Å². The molecule has 0 radical (unpaired) electrons. The van der Waals surface area contributed by atoms with Crippen LogP contribution in [0.2, 0.25) is 0 Å². The van der Waals surface area contributed by atoms with Crippen LogP contribution in [-0.4, -0.2) is 29.1 Å². The number of carbonyl (C=O) groups is 1. The Labute approximate surface area is 140 Å². The Kier molecular flexibility index (Phi) is 4.28. The molecule has 1 aliphatic heterocycles. The highest BCUT2D eigenvalue weighted by molar-refractivity contribution is 5.95. The van der Waals surface area contributed by atoms with E-state index >= 15 is 0 Å². The molecule has 1 fully saturated rings. The third kappa shape index (κ3) is 3.23. The summed E-state index contributed by atoms with van der Waals surface area (Å²) in [6, 6.07) is 2.60. The van der Waals surface area contributed by atoms with E-state index in [1.165, 1.54) is 0 Å². The van der Waals surface area contributed by atoms with Gasteiger partial charge in [-0.15, -0.1) is 0 Å². The highest BCUT2D eigenvalue weighted by Crippen LogP contribution is 2.33. The summed E-state index contributed by atoms with van der Waals surface area (Å²) in [6.45, 7) is 2.20. The molecule has 25 heavy (non-hydrogen) atoms. The summed E-state index contributed by atoms with van der Waals surface area (Å²) >= 11 is 0. The van der Waals surface area contributed by atoms with E-state index in [4.69, 9.17) is 4.74 Å². The molecule has 1 saturated heterocycles. The second-order valence-corrected chi connectivity index (χ2v) is 5.92. The molecule has 1 aromatic heterocycles. The Bertz CT molecular complexity index is 795. The molecule has 1 aliphatic rings. The first-order valence-electron chi connectivity index (χ1n) is 7.51. The zero-order valence-electron chi connectivity index (χ0n) is 13.2. The van der Waals surface area contributed by atoms with Crippen molar-refractivity contribution in [2.45, 2.75) is 25.1 Å². The van der Waals surface area contributed by atoms with Gasteiger partial charge in [0.05, 0.1) is 17.7 Å². The molecule has 5 nitrogen and oxygen atoms in total. The number of aromatic nitrogens is 2. The van der Waals surface area contributed by atoms with Crippen molar-refractivity contribution in [3.8, 4) is 0 Å². The number of carbonyl (C=O) groups excluding carboxylic acids is 1. The van der Waals surface area contributed by atoms with Crippen LogP contribution in [0.25, 0.3) is 0 Å². The van der Waals surface area contributed by atoms with E-state index in [0.29, 0.717) is 24.9 Å². The maximum atomic E-state index is 14.2. The van der Waals surface area contributed by atoms with E-state index in [1.807, 2.05) is 0 Å². The predicted molar refractivity (Wildman–Crippen MR) is 79.3 cm³/mol. The summed E-state index contributed by atoms with van der Waals surface area (Å²) in [5, 5.41) is 2.59. The lowest BCUT2D eigenvalue weighted by atomic mass is 9.96. The topological polar surface area (TPSA) is 67.0 Å². The van der Waals surface area contributed by atoms with Gasteiger partial charge >= 0.3 is 6.18 Å².